The predicted molar refractivity (Wildman–Crippen MR) is 98.1 cm³/mol. The van der Waals surface area contributed by atoms with E-state index in [4.69, 9.17) is 5.11 Å². The van der Waals surface area contributed by atoms with Gasteiger partial charge in [-0.15, -0.1) is 0 Å². The average Bonchev–Trinajstić information content (AvgIpc) is 2.84. The standard InChI is InChI=1S/C22H34O3/c1-20-11-4-3-5-15(20)6-7-16-17(20)8-12-21(2)18(16)9-13-22(21,25)14-10-19(23)24/h3-4,15-18,25H,5-14H2,1-2H3,(H,23,24)/t15?,16-,17+,18+,20+,21+,22-/m1/s1. The molecule has 0 aromatic rings. The Morgan fingerprint density at radius 3 is 2.60 bits per heavy atom. The van der Waals surface area contributed by atoms with Crippen molar-refractivity contribution in [3.05, 3.63) is 12.2 Å². The Morgan fingerprint density at radius 1 is 1.08 bits per heavy atom. The third kappa shape index (κ3) is 2.44. The van der Waals surface area contributed by atoms with Gasteiger partial charge in [0.05, 0.1) is 5.60 Å². The van der Waals surface area contributed by atoms with Crippen LogP contribution in [0.4, 0.5) is 0 Å². The highest BCUT2D eigenvalue weighted by Gasteiger charge is 2.63. The summed E-state index contributed by atoms with van der Waals surface area (Å²) in [7, 11) is 0. The van der Waals surface area contributed by atoms with Gasteiger partial charge in [0.1, 0.15) is 0 Å². The van der Waals surface area contributed by atoms with Crippen molar-refractivity contribution < 1.29 is 15.0 Å². The molecule has 0 aliphatic heterocycles. The summed E-state index contributed by atoms with van der Waals surface area (Å²) >= 11 is 0. The summed E-state index contributed by atoms with van der Waals surface area (Å²) in [5.74, 6) is 2.15. The Kier molecular flexibility index (Phi) is 4.10. The quantitative estimate of drug-likeness (QED) is 0.722. The molecule has 0 radical (unpaired) electrons. The minimum atomic E-state index is -0.781. The van der Waals surface area contributed by atoms with Gasteiger partial charge in [0, 0.05) is 6.42 Å². The number of hydrogen-bond acceptors (Lipinski definition) is 2. The first-order valence-corrected chi connectivity index (χ1v) is 10.4. The van der Waals surface area contributed by atoms with E-state index in [-0.39, 0.29) is 11.8 Å². The smallest absolute Gasteiger partial charge is 0.303 e. The molecule has 25 heavy (non-hydrogen) atoms. The first-order chi connectivity index (χ1) is 11.8. The molecule has 3 nitrogen and oxygen atoms in total. The van der Waals surface area contributed by atoms with Crippen LogP contribution < -0.4 is 0 Å². The van der Waals surface area contributed by atoms with Gasteiger partial charge in [-0.25, -0.2) is 0 Å². The molecule has 0 aromatic heterocycles. The van der Waals surface area contributed by atoms with Crippen LogP contribution >= 0.6 is 0 Å². The maximum atomic E-state index is 11.4. The second-order valence-electron chi connectivity index (χ2n) is 9.99. The van der Waals surface area contributed by atoms with Crippen LogP contribution in [0.3, 0.4) is 0 Å². The molecule has 0 bridgehead atoms. The largest absolute Gasteiger partial charge is 0.481 e. The van der Waals surface area contributed by atoms with Crippen molar-refractivity contribution in [2.24, 2.45) is 34.5 Å². The van der Waals surface area contributed by atoms with Gasteiger partial charge < -0.3 is 10.2 Å². The maximum Gasteiger partial charge on any atom is 0.303 e. The number of fused-ring (bicyclic) bond motifs is 5. The van der Waals surface area contributed by atoms with E-state index in [2.05, 4.69) is 26.0 Å². The first kappa shape index (κ1) is 17.6. The molecule has 7 atom stereocenters. The van der Waals surface area contributed by atoms with Gasteiger partial charge in [-0.2, -0.15) is 0 Å². The SMILES string of the molecule is C[C@]12CC=CCC1CC[C@@H]1[C@@H]2CC[C@@]2(C)[C@H]1CC[C@@]2(O)CCC(=O)O. The Labute approximate surface area is 151 Å². The second kappa shape index (κ2) is 5.84. The molecule has 3 saturated carbocycles. The highest BCUT2D eigenvalue weighted by molar-refractivity contribution is 5.66. The Balaban J connectivity index is 1.59. The molecule has 4 aliphatic carbocycles. The number of carboxylic acid groups (broad SMARTS) is 1. The third-order valence-corrected chi connectivity index (χ3v) is 9.28. The fourth-order valence-electron chi connectivity index (χ4n) is 7.67. The summed E-state index contributed by atoms with van der Waals surface area (Å²) in [6.07, 6.45) is 14.6. The first-order valence-electron chi connectivity index (χ1n) is 10.4. The Morgan fingerprint density at radius 2 is 1.84 bits per heavy atom. The van der Waals surface area contributed by atoms with Crippen LogP contribution in [-0.2, 0) is 4.79 Å². The summed E-state index contributed by atoms with van der Waals surface area (Å²) in [6, 6.07) is 0. The zero-order valence-corrected chi connectivity index (χ0v) is 15.8. The van der Waals surface area contributed by atoms with Crippen molar-refractivity contribution in [1.29, 1.82) is 0 Å². The van der Waals surface area contributed by atoms with Crippen molar-refractivity contribution in [3.8, 4) is 0 Å². The second-order valence-corrected chi connectivity index (χ2v) is 9.99. The Hall–Kier alpha value is -0.830. The predicted octanol–water partition coefficient (Wildman–Crippen LogP) is 4.79. The fraction of sp³-hybridized carbons (Fsp3) is 0.864. The van der Waals surface area contributed by atoms with Crippen molar-refractivity contribution in [2.75, 3.05) is 0 Å². The molecule has 4 aliphatic rings. The van der Waals surface area contributed by atoms with Crippen LogP contribution in [0, 0.1) is 34.5 Å². The molecule has 1 unspecified atom stereocenters. The normalized spacial score (nSPS) is 51.5. The molecular formula is C22H34O3. The van der Waals surface area contributed by atoms with Gasteiger partial charge in [0.2, 0.25) is 0 Å². The lowest BCUT2D eigenvalue weighted by atomic mass is 9.45. The summed E-state index contributed by atoms with van der Waals surface area (Å²) in [4.78, 5) is 11.1. The van der Waals surface area contributed by atoms with Crippen molar-refractivity contribution in [3.63, 3.8) is 0 Å². The lowest BCUT2D eigenvalue weighted by molar-refractivity contribution is -0.154. The lowest BCUT2D eigenvalue weighted by Gasteiger charge is -2.60. The van der Waals surface area contributed by atoms with Gasteiger partial charge >= 0.3 is 5.97 Å². The third-order valence-electron chi connectivity index (χ3n) is 9.28. The van der Waals surface area contributed by atoms with Gasteiger partial charge in [0.15, 0.2) is 0 Å². The number of hydrogen-bond donors (Lipinski definition) is 2. The molecule has 0 spiro atoms. The summed E-state index contributed by atoms with van der Waals surface area (Å²) in [6.45, 7) is 4.81. The van der Waals surface area contributed by atoms with E-state index in [1.807, 2.05) is 0 Å². The monoisotopic (exact) mass is 346 g/mol. The van der Waals surface area contributed by atoms with Gasteiger partial charge in [-0.1, -0.05) is 26.0 Å². The number of carbonyl (C=O) groups is 1. The minimum absolute atomic E-state index is 0.0860. The minimum Gasteiger partial charge on any atom is -0.481 e. The number of allylic oxidation sites excluding steroid dienone is 2. The number of rotatable bonds is 3. The molecule has 0 aromatic carbocycles. The van der Waals surface area contributed by atoms with Crippen LogP contribution in [-0.4, -0.2) is 21.8 Å². The highest BCUT2D eigenvalue weighted by Crippen LogP contribution is 2.68. The number of aliphatic carboxylic acids is 1. The van der Waals surface area contributed by atoms with E-state index in [1.165, 1.54) is 32.1 Å². The Bertz CT molecular complexity index is 584. The molecule has 0 heterocycles. The van der Waals surface area contributed by atoms with Crippen LogP contribution in [0.5, 0.6) is 0 Å². The van der Waals surface area contributed by atoms with Gasteiger partial charge in [-0.3, -0.25) is 4.79 Å². The van der Waals surface area contributed by atoms with Gasteiger partial charge in [0.25, 0.3) is 0 Å². The van der Waals surface area contributed by atoms with Crippen molar-refractivity contribution in [1.82, 2.24) is 0 Å². The molecule has 140 valence electrons. The van der Waals surface area contributed by atoms with Crippen molar-refractivity contribution in [2.45, 2.75) is 83.7 Å². The van der Waals surface area contributed by atoms with E-state index in [9.17, 15) is 9.90 Å². The molecular weight excluding hydrogens is 312 g/mol. The van der Waals surface area contributed by atoms with Gasteiger partial charge in [-0.05, 0) is 92.3 Å². The van der Waals surface area contributed by atoms with Crippen LogP contribution in [0.15, 0.2) is 12.2 Å². The molecule has 3 heteroatoms. The van der Waals surface area contributed by atoms with Crippen LogP contribution in [0.1, 0.15) is 78.1 Å². The summed E-state index contributed by atoms with van der Waals surface area (Å²) < 4.78 is 0. The molecule has 0 saturated heterocycles. The van der Waals surface area contributed by atoms with Crippen LogP contribution in [0.2, 0.25) is 0 Å². The number of aliphatic hydroxyl groups is 1. The van der Waals surface area contributed by atoms with E-state index in [0.29, 0.717) is 17.8 Å². The highest BCUT2D eigenvalue weighted by atomic mass is 16.4. The zero-order valence-electron chi connectivity index (χ0n) is 15.8. The lowest BCUT2D eigenvalue weighted by Crippen LogP contribution is -2.55. The van der Waals surface area contributed by atoms with E-state index < -0.39 is 11.6 Å². The number of carboxylic acids is 1. The maximum absolute atomic E-state index is 11.4. The molecule has 3 fully saturated rings. The van der Waals surface area contributed by atoms with Crippen LogP contribution in [0.25, 0.3) is 0 Å². The van der Waals surface area contributed by atoms with E-state index in [0.717, 1.165) is 37.0 Å². The molecule has 4 rings (SSSR count). The van der Waals surface area contributed by atoms with Crippen molar-refractivity contribution >= 4 is 5.97 Å². The van der Waals surface area contributed by atoms with E-state index >= 15 is 0 Å². The topological polar surface area (TPSA) is 57.5 Å². The molecule has 2 N–H and O–H groups in total. The summed E-state index contributed by atoms with van der Waals surface area (Å²) in [5, 5.41) is 20.5. The fourth-order valence-corrected chi connectivity index (χ4v) is 7.67. The zero-order chi connectivity index (χ0) is 17.9. The molecule has 0 amide bonds. The average molecular weight is 347 g/mol. The van der Waals surface area contributed by atoms with E-state index in [1.54, 1.807) is 0 Å². The summed E-state index contributed by atoms with van der Waals surface area (Å²) in [5.41, 5.74) is -0.413.